The molecule has 0 amide bonds. The number of halogens is 1. The van der Waals surface area contributed by atoms with Gasteiger partial charge in [-0.1, -0.05) is 41.9 Å². The minimum absolute atomic E-state index is 0.576. The largest absolute Gasteiger partial charge is 0.370 e. The Morgan fingerprint density at radius 1 is 1.39 bits per heavy atom. The fourth-order valence-electron chi connectivity index (χ4n) is 2.09. The van der Waals surface area contributed by atoms with E-state index < -0.39 is 0 Å². The van der Waals surface area contributed by atoms with E-state index in [9.17, 15) is 0 Å². The summed E-state index contributed by atoms with van der Waals surface area (Å²) in [6, 6.07) is 8.77. The molecule has 0 aliphatic heterocycles. The zero-order valence-corrected chi connectivity index (χ0v) is 13.0. The second-order valence-corrected chi connectivity index (χ2v) is 5.56. The van der Waals surface area contributed by atoms with E-state index in [2.05, 4.69) is 65.9 Å². The van der Waals surface area contributed by atoms with Gasteiger partial charge in [0.05, 0.1) is 12.5 Å². The lowest BCUT2D eigenvalue weighted by atomic mass is 10.1. The summed E-state index contributed by atoms with van der Waals surface area (Å²) in [4.78, 5) is 2.32. The van der Waals surface area contributed by atoms with Gasteiger partial charge in [-0.2, -0.15) is 5.26 Å². The Hall–Kier alpha value is -1.01. The number of rotatable bonds is 6. The third-order valence-corrected chi connectivity index (χ3v) is 3.48. The molecule has 0 spiro atoms. The number of aryl methyl sites for hydroxylation is 1. The van der Waals surface area contributed by atoms with Crippen LogP contribution < -0.4 is 4.90 Å². The summed E-state index contributed by atoms with van der Waals surface area (Å²) in [6.45, 7) is 8.36. The van der Waals surface area contributed by atoms with Crippen LogP contribution in [0.5, 0.6) is 0 Å². The Morgan fingerprint density at radius 2 is 2.11 bits per heavy atom. The van der Waals surface area contributed by atoms with Crippen LogP contribution in [0.25, 0.3) is 0 Å². The Bertz CT molecular complexity index is 421. The summed E-state index contributed by atoms with van der Waals surface area (Å²) in [5, 5.41) is 9.65. The first-order valence-electron chi connectivity index (χ1n) is 6.36. The van der Waals surface area contributed by atoms with Gasteiger partial charge in [0, 0.05) is 24.1 Å². The zero-order chi connectivity index (χ0) is 13.5. The van der Waals surface area contributed by atoms with Gasteiger partial charge in [0.25, 0.3) is 0 Å². The lowest BCUT2D eigenvalue weighted by Gasteiger charge is -2.27. The zero-order valence-electron chi connectivity index (χ0n) is 11.4. The molecule has 0 aliphatic carbocycles. The summed E-state index contributed by atoms with van der Waals surface area (Å²) in [5.41, 5.74) is 3.83. The molecule has 0 fully saturated rings. The van der Waals surface area contributed by atoms with E-state index in [1.807, 2.05) is 0 Å². The van der Waals surface area contributed by atoms with Gasteiger partial charge in [0.1, 0.15) is 0 Å². The molecule has 18 heavy (non-hydrogen) atoms. The minimum Gasteiger partial charge on any atom is -0.370 e. The maximum absolute atomic E-state index is 8.76. The number of benzene rings is 1. The molecule has 0 atom stereocenters. The van der Waals surface area contributed by atoms with Gasteiger partial charge in [-0.25, -0.2) is 0 Å². The van der Waals surface area contributed by atoms with Crippen molar-refractivity contribution in [3.8, 4) is 6.07 Å². The normalized spacial score (nSPS) is 10.4. The number of hydrogen-bond donors (Lipinski definition) is 0. The highest BCUT2D eigenvalue weighted by molar-refractivity contribution is 9.08. The molecular weight excluding hydrogens is 288 g/mol. The van der Waals surface area contributed by atoms with E-state index in [0.29, 0.717) is 12.3 Å². The minimum atomic E-state index is 0.576. The van der Waals surface area contributed by atoms with Crippen LogP contribution in [0.2, 0.25) is 0 Å². The first-order valence-corrected chi connectivity index (χ1v) is 7.48. The highest BCUT2D eigenvalue weighted by Crippen LogP contribution is 2.23. The molecule has 0 bridgehead atoms. The Labute approximate surface area is 119 Å². The highest BCUT2D eigenvalue weighted by atomic mass is 79.9. The van der Waals surface area contributed by atoms with Gasteiger partial charge in [-0.3, -0.25) is 0 Å². The van der Waals surface area contributed by atoms with E-state index in [1.165, 1.54) is 16.8 Å². The van der Waals surface area contributed by atoms with Crippen molar-refractivity contribution in [2.75, 3.05) is 18.0 Å². The number of alkyl halides is 1. The predicted molar refractivity (Wildman–Crippen MR) is 81.1 cm³/mol. The van der Waals surface area contributed by atoms with Crippen molar-refractivity contribution in [3.63, 3.8) is 0 Å². The van der Waals surface area contributed by atoms with E-state index in [4.69, 9.17) is 5.26 Å². The van der Waals surface area contributed by atoms with Gasteiger partial charge in [0.15, 0.2) is 0 Å². The Kier molecular flexibility index (Phi) is 6.21. The molecule has 0 saturated carbocycles. The number of hydrogen-bond acceptors (Lipinski definition) is 2. The molecule has 0 heterocycles. The fourth-order valence-corrected chi connectivity index (χ4v) is 2.44. The van der Waals surface area contributed by atoms with Crippen LogP contribution in [-0.2, 0) is 5.33 Å². The number of nitrogens with zero attached hydrogens (tertiary/aromatic N) is 2. The molecule has 0 aromatic heterocycles. The Morgan fingerprint density at radius 3 is 2.61 bits per heavy atom. The second-order valence-electron chi connectivity index (χ2n) is 5.00. The highest BCUT2D eigenvalue weighted by Gasteiger charge is 2.11. The van der Waals surface area contributed by atoms with Crippen molar-refractivity contribution < 1.29 is 0 Å². The molecule has 2 nitrogen and oxygen atoms in total. The van der Waals surface area contributed by atoms with Crippen molar-refractivity contribution in [1.82, 2.24) is 0 Å². The molecule has 98 valence electrons. The van der Waals surface area contributed by atoms with Crippen LogP contribution in [0.3, 0.4) is 0 Å². The molecule has 3 heteroatoms. The summed E-state index contributed by atoms with van der Waals surface area (Å²) in [7, 11) is 0. The van der Waals surface area contributed by atoms with E-state index in [0.717, 1.165) is 18.4 Å². The van der Waals surface area contributed by atoms with Crippen molar-refractivity contribution in [2.45, 2.75) is 32.5 Å². The van der Waals surface area contributed by atoms with E-state index in [-0.39, 0.29) is 0 Å². The summed E-state index contributed by atoms with van der Waals surface area (Å²) in [5.74, 6) is 0.596. The average Bonchev–Trinajstić information content (AvgIpc) is 2.34. The fraction of sp³-hybridized carbons (Fsp3) is 0.533. The average molecular weight is 309 g/mol. The Balaban J connectivity index is 2.93. The van der Waals surface area contributed by atoms with Crippen molar-refractivity contribution in [1.29, 1.82) is 5.26 Å². The summed E-state index contributed by atoms with van der Waals surface area (Å²) in [6.07, 6.45) is 0.576. The molecule has 0 unspecified atom stereocenters. The third-order valence-electron chi connectivity index (χ3n) is 2.84. The molecule has 1 aromatic carbocycles. The van der Waals surface area contributed by atoms with Crippen molar-refractivity contribution in [3.05, 3.63) is 29.3 Å². The molecule has 1 rings (SSSR count). The first kappa shape index (κ1) is 15.0. The van der Waals surface area contributed by atoms with Gasteiger partial charge in [-0.05, 0) is 30.0 Å². The van der Waals surface area contributed by atoms with E-state index in [1.54, 1.807) is 0 Å². The van der Waals surface area contributed by atoms with Crippen molar-refractivity contribution in [2.24, 2.45) is 5.92 Å². The maximum atomic E-state index is 8.76. The third kappa shape index (κ3) is 4.34. The smallest absolute Gasteiger partial charge is 0.0640 e. The molecule has 0 aliphatic rings. The van der Waals surface area contributed by atoms with Gasteiger partial charge >= 0.3 is 0 Å². The molecular formula is C15H21BrN2. The first-order chi connectivity index (χ1) is 8.58. The van der Waals surface area contributed by atoms with Gasteiger partial charge < -0.3 is 4.90 Å². The monoisotopic (exact) mass is 308 g/mol. The summed E-state index contributed by atoms with van der Waals surface area (Å²) < 4.78 is 0. The second kappa shape index (κ2) is 7.43. The van der Waals surface area contributed by atoms with E-state index >= 15 is 0 Å². The van der Waals surface area contributed by atoms with Crippen LogP contribution in [-0.4, -0.2) is 13.1 Å². The SMILES string of the molecule is Cc1cc(CBr)ccc1N(CCC#N)CC(C)C. The standard InChI is InChI=1S/C15H21BrN2/c1-12(2)11-18(8-4-7-17)15-6-5-14(10-16)9-13(15)3/h5-6,9,12H,4,8,10-11H2,1-3H3. The van der Waals surface area contributed by atoms with Crippen LogP contribution in [0, 0.1) is 24.2 Å². The quantitative estimate of drug-likeness (QED) is 0.734. The van der Waals surface area contributed by atoms with Crippen LogP contribution in [0.1, 0.15) is 31.4 Å². The van der Waals surface area contributed by atoms with Crippen LogP contribution in [0.4, 0.5) is 5.69 Å². The predicted octanol–water partition coefficient (Wildman–Crippen LogP) is 4.27. The topological polar surface area (TPSA) is 27.0 Å². The molecule has 1 aromatic rings. The molecule has 0 saturated heterocycles. The van der Waals surface area contributed by atoms with Gasteiger partial charge in [0.2, 0.25) is 0 Å². The van der Waals surface area contributed by atoms with Crippen LogP contribution >= 0.6 is 15.9 Å². The van der Waals surface area contributed by atoms with Crippen molar-refractivity contribution >= 4 is 21.6 Å². The lowest BCUT2D eigenvalue weighted by Crippen LogP contribution is -2.29. The van der Waals surface area contributed by atoms with Crippen LogP contribution in [0.15, 0.2) is 18.2 Å². The lowest BCUT2D eigenvalue weighted by molar-refractivity contribution is 0.611. The summed E-state index contributed by atoms with van der Waals surface area (Å²) >= 11 is 3.48. The molecule has 0 radical (unpaired) electrons. The number of anilines is 1. The maximum Gasteiger partial charge on any atom is 0.0640 e. The number of nitriles is 1. The molecule has 0 N–H and O–H groups in total. The van der Waals surface area contributed by atoms with Gasteiger partial charge in [-0.15, -0.1) is 0 Å².